The summed E-state index contributed by atoms with van der Waals surface area (Å²) in [6, 6.07) is 0. The fourth-order valence-corrected chi connectivity index (χ4v) is 5.30. The third-order valence-corrected chi connectivity index (χ3v) is 7.99. The lowest BCUT2D eigenvalue weighted by molar-refractivity contribution is -0.138. The summed E-state index contributed by atoms with van der Waals surface area (Å²) in [5, 5.41) is 17.0. The fourth-order valence-electron chi connectivity index (χ4n) is 5.30. The van der Waals surface area contributed by atoms with Gasteiger partial charge in [-0.25, -0.2) is 4.57 Å². The molecule has 0 saturated carbocycles. The SMILES string of the molecule is CCCCCCCCCCCCCCCCCC(=O)O.CCCCCCCCCCCCCCCCCC(=O)O.O=P(O)(O)O.[MgH2]. The zero-order chi connectivity index (χ0) is 34.3. The first-order valence-electron chi connectivity index (χ1n) is 18.8. The van der Waals surface area contributed by atoms with Crippen LogP contribution in [0.1, 0.15) is 219 Å². The first-order valence-corrected chi connectivity index (χ1v) is 20.3. The van der Waals surface area contributed by atoms with E-state index >= 15 is 0 Å². The Kier molecular flexibility index (Phi) is 51.3. The van der Waals surface area contributed by atoms with Crippen LogP contribution in [-0.2, 0) is 14.2 Å². The van der Waals surface area contributed by atoms with Gasteiger partial charge in [0.15, 0.2) is 0 Å². The van der Waals surface area contributed by atoms with Gasteiger partial charge >= 0.3 is 42.8 Å². The predicted molar refractivity (Wildman–Crippen MR) is 197 cm³/mol. The summed E-state index contributed by atoms with van der Waals surface area (Å²) in [6.45, 7) is 4.54. The third-order valence-electron chi connectivity index (χ3n) is 7.99. The highest BCUT2D eigenvalue weighted by Crippen LogP contribution is 2.25. The molecule has 10 heteroatoms. The second kappa shape index (κ2) is 44.8. The number of carbonyl (C=O) groups is 2. The highest BCUT2D eigenvalue weighted by atomic mass is 31.2. The van der Waals surface area contributed by atoms with Gasteiger partial charge in [-0.1, -0.05) is 194 Å². The Bertz CT molecular complexity index is 593. The molecule has 0 unspecified atom stereocenters. The van der Waals surface area contributed by atoms with E-state index in [2.05, 4.69) is 13.8 Å². The molecular weight excluding hydrogens is 616 g/mol. The van der Waals surface area contributed by atoms with E-state index in [1.54, 1.807) is 0 Å². The molecule has 46 heavy (non-hydrogen) atoms. The van der Waals surface area contributed by atoms with Crippen LogP contribution in [0.15, 0.2) is 0 Å². The van der Waals surface area contributed by atoms with Crippen LogP contribution < -0.4 is 0 Å². The molecule has 0 heterocycles. The quantitative estimate of drug-likeness (QED) is 0.0265. The lowest BCUT2D eigenvalue weighted by Crippen LogP contribution is -1.93. The molecule has 0 aliphatic heterocycles. The molecule has 0 rings (SSSR count). The van der Waals surface area contributed by atoms with Crippen molar-refractivity contribution in [3.8, 4) is 0 Å². The largest absolute Gasteiger partial charge is 0.481 e. The molecule has 0 amide bonds. The molecule has 0 fully saturated rings. The van der Waals surface area contributed by atoms with Crippen LogP contribution in [0.4, 0.5) is 0 Å². The zero-order valence-electron chi connectivity index (χ0n) is 29.5. The minimum Gasteiger partial charge on any atom is -0.481 e. The number of aliphatic carboxylic acids is 2. The molecule has 0 bridgehead atoms. The lowest BCUT2D eigenvalue weighted by atomic mass is 10.0. The number of hydrogen-bond acceptors (Lipinski definition) is 3. The fraction of sp³-hybridized carbons (Fsp3) is 0.944. The van der Waals surface area contributed by atoms with Crippen molar-refractivity contribution < 1.29 is 39.0 Å². The molecule has 276 valence electrons. The maximum absolute atomic E-state index is 10.3. The average Bonchev–Trinajstić information content (AvgIpc) is 2.96. The van der Waals surface area contributed by atoms with Crippen molar-refractivity contribution >= 4 is 42.8 Å². The minimum atomic E-state index is -4.64. The molecule has 5 N–H and O–H groups in total. The van der Waals surface area contributed by atoms with Crippen molar-refractivity contribution in [2.45, 2.75) is 219 Å². The van der Waals surface area contributed by atoms with Gasteiger partial charge in [0.1, 0.15) is 0 Å². The number of unbranched alkanes of at least 4 members (excludes halogenated alkanes) is 28. The number of phosphoric acid groups is 1. The maximum atomic E-state index is 10.3. The van der Waals surface area contributed by atoms with E-state index in [1.807, 2.05) is 0 Å². The molecule has 0 aliphatic carbocycles. The number of carboxylic acids is 2. The van der Waals surface area contributed by atoms with Crippen LogP contribution in [-0.4, -0.2) is 59.9 Å². The molecule has 0 spiro atoms. The van der Waals surface area contributed by atoms with Crippen LogP contribution in [0.5, 0.6) is 0 Å². The van der Waals surface area contributed by atoms with Crippen LogP contribution in [0.2, 0.25) is 0 Å². The Hall–Kier alpha value is -0.184. The molecule has 0 aliphatic rings. The van der Waals surface area contributed by atoms with E-state index in [4.69, 9.17) is 29.5 Å². The average molecular weight is 693 g/mol. The van der Waals surface area contributed by atoms with Crippen LogP contribution in [0.25, 0.3) is 0 Å². The molecule has 0 aromatic carbocycles. The predicted octanol–water partition coefficient (Wildman–Crippen LogP) is 10.8. The second-order valence-electron chi connectivity index (χ2n) is 12.7. The standard InChI is InChI=1S/2C18H36O2.Mg.H3O4P.2H/c2*1-2-3-4-5-6-7-8-9-10-11-12-13-14-15-16-17-18(19)20;;1-5(2,3)4;;/h2*2-17H2,1H3,(H,19,20);;(H3,1,2,3,4);;. The van der Waals surface area contributed by atoms with E-state index in [0.717, 1.165) is 25.7 Å². The van der Waals surface area contributed by atoms with Gasteiger partial charge in [0, 0.05) is 12.8 Å². The van der Waals surface area contributed by atoms with E-state index in [0.29, 0.717) is 12.8 Å². The molecular formula is C36H77MgO8P. The van der Waals surface area contributed by atoms with E-state index < -0.39 is 19.8 Å². The molecule has 8 nitrogen and oxygen atoms in total. The van der Waals surface area contributed by atoms with Gasteiger partial charge in [-0.3, -0.25) is 9.59 Å². The summed E-state index contributed by atoms with van der Waals surface area (Å²) in [7, 11) is -4.64. The van der Waals surface area contributed by atoms with Crippen LogP contribution in [0, 0.1) is 0 Å². The van der Waals surface area contributed by atoms with Crippen molar-refractivity contribution in [3.63, 3.8) is 0 Å². The number of hydrogen-bond donors (Lipinski definition) is 5. The van der Waals surface area contributed by atoms with Gasteiger partial charge in [-0.05, 0) is 12.8 Å². The summed E-state index contributed by atoms with van der Waals surface area (Å²) in [5.74, 6) is -1.31. The van der Waals surface area contributed by atoms with Crippen LogP contribution in [0.3, 0.4) is 0 Å². The molecule has 0 aromatic heterocycles. The van der Waals surface area contributed by atoms with E-state index in [1.165, 1.54) is 167 Å². The lowest BCUT2D eigenvalue weighted by Gasteiger charge is -2.03. The van der Waals surface area contributed by atoms with E-state index in [9.17, 15) is 9.59 Å². The Morgan fingerprint density at radius 1 is 0.370 bits per heavy atom. The van der Waals surface area contributed by atoms with Gasteiger partial charge in [-0.15, -0.1) is 0 Å². The summed E-state index contributed by atoms with van der Waals surface area (Å²) in [6.07, 6.45) is 40.4. The van der Waals surface area contributed by atoms with Gasteiger partial charge in [0.05, 0.1) is 0 Å². The van der Waals surface area contributed by atoms with Gasteiger partial charge in [0.25, 0.3) is 0 Å². The number of rotatable bonds is 32. The summed E-state index contributed by atoms with van der Waals surface area (Å²) >= 11 is 0. The van der Waals surface area contributed by atoms with Gasteiger partial charge < -0.3 is 24.9 Å². The van der Waals surface area contributed by atoms with Crippen molar-refractivity contribution in [1.29, 1.82) is 0 Å². The summed E-state index contributed by atoms with van der Waals surface area (Å²) in [5.41, 5.74) is 0. The first-order chi connectivity index (χ1) is 21.5. The Labute approximate surface area is 300 Å². The molecule has 0 atom stereocenters. The van der Waals surface area contributed by atoms with Crippen molar-refractivity contribution in [2.75, 3.05) is 0 Å². The summed E-state index contributed by atoms with van der Waals surface area (Å²) in [4.78, 5) is 42.2. The summed E-state index contributed by atoms with van der Waals surface area (Å²) < 4.78 is 8.88. The molecule has 0 saturated heterocycles. The first kappa shape index (κ1) is 52.6. The highest BCUT2D eigenvalue weighted by molar-refractivity contribution is 7.45. The van der Waals surface area contributed by atoms with Crippen molar-refractivity contribution in [3.05, 3.63) is 0 Å². The third kappa shape index (κ3) is 70.2. The Morgan fingerprint density at radius 2 is 0.500 bits per heavy atom. The van der Waals surface area contributed by atoms with Gasteiger partial charge in [-0.2, -0.15) is 0 Å². The molecule has 0 radical (unpaired) electrons. The smallest absolute Gasteiger partial charge is 0.466 e. The monoisotopic (exact) mass is 693 g/mol. The second-order valence-corrected chi connectivity index (χ2v) is 13.7. The Morgan fingerprint density at radius 3 is 0.630 bits per heavy atom. The highest BCUT2D eigenvalue weighted by Gasteiger charge is 2.00. The minimum absolute atomic E-state index is 0. The Balaban J connectivity index is -0.000000327. The topological polar surface area (TPSA) is 152 Å². The number of carboxylic acid groups (broad SMARTS) is 2. The molecule has 0 aromatic rings. The van der Waals surface area contributed by atoms with Crippen molar-refractivity contribution in [2.24, 2.45) is 0 Å². The normalized spacial score (nSPS) is 10.7. The van der Waals surface area contributed by atoms with Crippen molar-refractivity contribution in [1.82, 2.24) is 0 Å². The van der Waals surface area contributed by atoms with Gasteiger partial charge in [0.2, 0.25) is 0 Å². The van der Waals surface area contributed by atoms with Crippen LogP contribution >= 0.6 is 7.82 Å². The zero-order valence-corrected chi connectivity index (χ0v) is 30.4. The van der Waals surface area contributed by atoms with E-state index in [-0.39, 0.29) is 23.1 Å². The maximum Gasteiger partial charge on any atom is 0.466 e.